The standard InChI is InChI=1S/C15H13NO3/c1-9(15(17)18)10-4-5-13-12(7-10)8-11-3-2-6-16-14(11)19-13/h2-7,9H,8H2,1H3,(H,17,18)/t9-/m1/s1. The molecule has 0 amide bonds. The number of nitrogens with zero attached hydrogens (tertiary/aromatic N) is 1. The highest BCUT2D eigenvalue weighted by molar-refractivity contribution is 5.75. The van der Waals surface area contributed by atoms with E-state index in [4.69, 9.17) is 9.84 Å². The Morgan fingerprint density at radius 2 is 2.21 bits per heavy atom. The number of hydrogen-bond acceptors (Lipinski definition) is 3. The van der Waals surface area contributed by atoms with E-state index in [0.29, 0.717) is 5.88 Å². The van der Waals surface area contributed by atoms with Crippen LogP contribution in [-0.2, 0) is 11.2 Å². The summed E-state index contributed by atoms with van der Waals surface area (Å²) in [6, 6.07) is 9.37. The number of aromatic nitrogens is 1. The number of fused-ring (bicyclic) bond motifs is 2. The van der Waals surface area contributed by atoms with E-state index < -0.39 is 11.9 Å². The molecule has 0 radical (unpaired) electrons. The first-order valence-electron chi connectivity index (χ1n) is 6.12. The Morgan fingerprint density at radius 1 is 1.37 bits per heavy atom. The maximum Gasteiger partial charge on any atom is 0.310 e. The maximum absolute atomic E-state index is 11.0. The van der Waals surface area contributed by atoms with Gasteiger partial charge in [-0.25, -0.2) is 4.98 Å². The maximum atomic E-state index is 11.0. The first-order chi connectivity index (χ1) is 9.15. The van der Waals surface area contributed by atoms with E-state index in [9.17, 15) is 4.79 Å². The predicted octanol–water partition coefficient (Wildman–Crippen LogP) is 2.97. The minimum Gasteiger partial charge on any atom is -0.481 e. The molecule has 1 aliphatic rings. The van der Waals surface area contributed by atoms with Crippen LogP contribution in [0.3, 0.4) is 0 Å². The summed E-state index contributed by atoms with van der Waals surface area (Å²) in [5.41, 5.74) is 2.82. The number of carboxylic acid groups (broad SMARTS) is 1. The Kier molecular flexibility index (Phi) is 2.71. The number of carboxylic acids is 1. The summed E-state index contributed by atoms with van der Waals surface area (Å²) in [6.45, 7) is 1.68. The van der Waals surface area contributed by atoms with E-state index >= 15 is 0 Å². The summed E-state index contributed by atoms with van der Waals surface area (Å²) in [7, 11) is 0. The normalized spacial score (nSPS) is 13.9. The molecule has 0 unspecified atom stereocenters. The molecule has 1 N–H and O–H groups in total. The van der Waals surface area contributed by atoms with Gasteiger partial charge in [-0.2, -0.15) is 0 Å². The molecular weight excluding hydrogens is 242 g/mol. The molecule has 1 aromatic carbocycles. The van der Waals surface area contributed by atoms with E-state index in [1.165, 1.54) is 0 Å². The third kappa shape index (κ3) is 2.05. The van der Waals surface area contributed by atoms with Crippen LogP contribution in [-0.4, -0.2) is 16.1 Å². The number of benzene rings is 1. The molecule has 96 valence electrons. The lowest BCUT2D eigenvalue weighted by Gasteiger charge is -2.20. The summed E-state index contributed by atoms with van der Waals surface area (Å²) in [4.78, 5) is 15.2. The molecule has 2 aromatic rings. The summed E-state index contributed by atoms with van der Waals surface area (Å²) >= 11 is 0. The summed E-state index contributed by atoms with van der Waals surface area (Å²) in [5, 5.41) is 9.06. The average molecular weight is 255 g/mol. The minimum absolute atomic E-state index is 0.513. The monoisotopic (exact) mass is 255 g/mol. The number of hydrogen-bond donors (Lipinski definition) is 1. The van der Waals surface area contributed by atoms with Gasteiger partial charge < -0.3 is 9.84 Å². The van der Waals surface area contributed by atoms with Gasteiger partial charge in [0.25, 0.3) is 0 Å². The molecule has 4 nitrogen and oxygen atoms in total. The van der Waals surface area contributed by atoms with E-state index in [0.717, 1.165) is 28.9 Å². The van der Waals surface area contributed by atoms with Crippen LogP contribution in [0.1, 0.15) is 29.5 Å². The number of ether oxygens (including phenoxy) is 1. The van der Waals surface area contributed by atoms with Gasteiger partial charge in [-0.1, -0.05) is 18.2 Å². The molecule has 3 rings (SSSR count). The lowest BCUT2D eigenvalue weighted by molar-refractivity contribution is -0.138. The van der Waals surface area contributed by atoms with Crippen LogP contribution in [0.4, 0.5) is 0 Å². The van der Waals surface area contributed by atoms with Crippen LogP contribution in [0.2, 0.25) is 0 Å². The SMILES string of the molecule is C[C@@H](C(=O)O)c1ccc2c(c1)Cc1cccnc1O2. The van der Waals surface area contributed by atoms with E-state index in [1.54, 1.807) is 19.2 Å². The molecule has 19 heavy (non-hydrogen) atoms. The van der Waals surface area contributed by atoms with Crippen molar-refractivity contribution in [3.63, 3.8) is 0 Å². The molecule has 2 heterocycles. The first-order valence-corrected chi connectivity index (χ1v) is 6.12. The summed E-state index contributed by atoms with van der Waals surface area (Å²) in [5.74, 6) is 0.0564. The average Bonchev–Trinajstić information content (AvgIpc) is 2.43. The highest BCUT2D eigenvalue weighted by Gasteiger charge is 2.20. The molecule has 0 aliphatic carbocycles. The smallest absolute Gasteiger partial charge is 0.310 e. The van der Waals surface area contributed by atoms with Crippen molar-refractivity contribution in [2.75, 3.05) is 0 Å². The fourth-order valence-electron chi connectivity index (χ4n) is 2.21. The number of pyridine rings is 1. The topological polar surface area (TPSA) is 59.4 Å². The molecule has 1 atom stereocenters. The van der Waals surface area contributed by atoms with E-state index in [1.807, 2.05) is 24.3 Å². The van der Waals surface area contributed by atoms with Gasteiger partial charge in [-0.15, -0.1) is 0 Å². The molecule has 0 saturated heterocycles. The second-order valence-corrected chi connectivity index (χ2v) is 4.67. The predicted molar refractivity (Wildman–Crippen MR) is 69.6 cm³/mol. The molecular formula is C15H13NO3. The number of carbonyl (C=O) groups is 1. The van der Waals surface area contributed by atoms with Crippen molar-refractivity contribution in [3.05, 3.63) is 53.2 Å². The van der Waals surface area contributed by atoms with Crippen molar-refractivity contribution in [1.82, 2.24) is 4.98 Å². The molecule has 0 spiro atoms. The van der Waals surface area contributed by atoms with Crippen molar-refractivity contribution in [3.8, 4) is 11.6 Å². The molecule has 0 fully saturated rings. The fraction of sp³-hybridized carbons (Fsp3) is 0.200. The van der Waals surface area contributed by atoms with Crippen molar-refractivity contribution >= 4 is 5.97 Å². The Morgan fingerprint density at radius 3 is 3.00 bits per heavy atom. The first kappa shape index (κ1) is 11.7. The van der Waals surface area contributed by atoms with E-state index in [2.05, 4.69) is 4.98 Å². The van der Waals surface area contributed by atoms with Gasteiger partial charge in [0.2, 0.25) is 5.88 Å². The number of rotatable bonds is 2. The van der Waals surface area contributed by atoms with Gasteiger partial charge >= 0.3 is 5.97 Å². The summed E-state index contributed by atoms with van der Waals surface area (Å²) < 4.78 is 5.71. The zero-order chi connectivity index (χ0) is 13.4. The highest BCUT2D eigenvalue weighted by Crippen LogP contribution is 2.36. The molecule has 1 aromatic heterocycles. The zero-order valence-electron chi connectivity index (χ0n) is 10.5. The lowest BCUT2D eigenvalue weighted by atomic mass is 9.95. The van der Waals surface area contributed by atoms with Crippen LogP contribution in [0, 0.1) is 0 Å². The van der Waals surface area contributed by atoms with Crippen molar-refractivity contribution < 1.29 is 14.6 Å². The third-order valence-corrected chi connectivity index (χ3v) is 3.39. The van der Waals surface area contributed by atoms with E-state index in [-0.39, 0.29) is 0 Å². The lowest BCUT2D eigenvalue weighted by Crippen LogP contribution is -2.10. The number of aliphatic carboxylic acids is 1. The second kappa shape index (κ2) is 4.39. The third-order valence-electron chi connectivity index (χ3n) is 3.39. The van der Waals surface area contributed by atoms with Crippen LogP contribution >= 0.6 is 0 Å². The summed E-state index contributed by atoms with van der Waals surface area (Å²) in [6.07, 6.45) is 2.42. The highest BCUT2D eigenvalue weighted by atomic mass is 16.5. The molecule has 1 aliphatic heterocycles. The Bertz CT molecular complexity index is 652. The second-order valence-electron chi connectivity index (χ2n) is 4.67. The molecule has 4 heteroatoms. The van der Waals surface area contributed by atoms with Crippen LogP contribution < -0.4 is 4.74 Å². The van der Waals surface area contributed by atoms with Gasteiger partial charge in [0.15, 0.2) is 0 Å². The Hall–Kier alpha value is -2.36. The van der Waals surface area contributed by atoms with Gasteiger partial charge in [0.05, 0.1) is 5.92 Å². The molecule has 0 bridgehead atoms. The van der Waals surface area contributed by atoms with Gasteiger partial charge in [0, 0.05) is 18.2 Å². The van der Waals surface area contributed by atoms with Crippen molar-refractivity contribution in [1.29, 1.82) is 0 Å². The zero-order valence-corrected chi connectivity index (χ0v) is 10.5. The van der Waals surface area contributed by atoms with Crippen molar-refractivity contribution in [2.45, 2.75) is 19.3 Å². The Labute approximate surface area is 110 Å². The molecule has 0 saturated carbocycles. The van der Waals surface area contributed by atoms with Gasteiger partial charge in [-0.05, 0) is 30.2 Å². The fourth-order valence-corrected chi connectivity index (χ4v) is 2.21. The quantitative estimate of drug-likeness (QED) is 0.764. The largest absolute Gasteiger partial charge is 0.481 e. The Balaban J connectivity index is 1.98. The van der Waals surface area contributed by atoms with Gasteiger partial charge in [-0.3, -0.25) is 4.79 Å². The minimum atomic E-state index is -0.821. The van der Waals surface area contributed by atoms with Crippen LogP contribution in [0.5, 0.6) is 11.6 Å². The van der Waals surface area contributed by atoms with Crippen molar-refractivity contribution in [2.24, 2.45) is 0 Å². The van der Waals surface area contributed by atoms with Crippen LogP contribution in [0.25, 0.3) is 0 Å². The van der Waals surface area contributed by atoms with Crippen LogP contribution in [0.15, 0.2) is 36.5 Å². The van der Waals surface area contributed by atoms with Gasteiger partial charge in [0.1, 0.15) is 5.75 Å².